The zero-order chi connectivity index (χ0) is 12.7. The fraction of sp³-hybridized carbons (Fsp3) is 0.462. The maximum atomic E-state index is 10.9. The van der Waals surface area contributed by atoms with Crippen LogP contribution >= 0.6 is 0 Å². The fourth-order valence-electron chi connectivity index (χ4n) is 1.59. The van der Waals surface area contributed by atoms with Crippen LogP contribution in [0.3, 0.4) is 0 Å². The summed E-state index contributed by atoms with van der Waals surface area (Å²) in [7, 11) is 4.05. The van der Waals surface area contributed by atoms with Crippen LogP contribution in [0.25, 0.3) is 0 Å². The minimum atomic E-state index is -0.0381. The summed E-state index contributed by atoms with van der Waals surface area (Å²) in [6.45, 7) is 4.44. The van der Waals surface area contributed by atoms with E-state index in [9.17, 15) is 4.79 Å². The molecule has 1 aromatic carbocycles. The number of anilines is 1. The highest BCUT2D eigenvalue weighted by Gasteiger charge is 2.00. The number of carbonyl (C=O) groups is 1. The topological polar surface area (TPSA) is 44.4 Å². The van der Waals surface area contributed by atoms with Gasteiger partial charge >= 0.3 is 0 Å². The van der Waals surface area contributed by atoms with E-state index in [1.807, 2.05) is 31.3 Å². The van der Waals surface area contributed by atoms with Crippen LogP contribution in [0.2, 0.25) is 0 Å². The Morgan fingerprint density at radius 2 is 1.94 bits per heavy atom. The lowest BCUT2D eigenvalue weighted by molar-refractivity contribution is -0.114. The first-order valence-corrected chi connectivity index (χ1v) is 5.81. The van der Waals surface area contributed by atoms with Crippen LogP contribution in [0.5, 0.6) is 0 Å². The standard InChI is InChI=1S/C13H21N3O/c1-11(17)15-13-6-4-12(5-7-13)10-16(3)9-8-14-2/h4-7,14H,8-10H2,1-3H3,(H,15,17). The van der Waals surface area contributed by atoms with Crippen molar-refractivity contribution in [3.63, 3.8) is 0 Å². The molecule has 2 N–H and O–H groups in total. The molecule has 0 radical (unpaired) electrons. The average molecular weight is 235 g/mol. The number of benzene rings is 1. The van der Waals surface area contributed by atoms with E-state index in [0.717, 1.165) is 25.3 Å². The summed E-state index contributed by atoms with van der Waals surface area (Å²) < 4.78 is 0. The summed E-state index contributed by atoms with van der Waals surface area (Å²) in [4.78, 5) is 13.1. The van der Waals surface area contributed by atoms with Crippen molar-refractivity contribution >= 4 is 11.6 Å². The highest BCUT2D eigenvalue weighted by atomic mass is 16.1. The van der Waals surface area contributed by atoms with Crippen LogP contribution in [0.15, 0.2) is 24.3 Å². The van der Waals surface area contributed by atoms with Crippen molar-refractivity contribution in [2.75, 3.05) is 32.5 Å². The average Bonchev–Trinajstić information content (AvgIpc) is 2.28. The van der Waals surface area contributed by atoms with Crippen LogP contribution in [-0.2, 0) is 11.3 Å². The Morgan fingerprint density at radius 3 is 2.47 bits per heavy atom. The second-order valence-electron chi connectivity index (χ2n) is 4.22. The molecule has 0 aromatic heterocycles. The van der Waals surface area contributed by atoms with Crippen molar-refractivity contribution in [3.05, 3.63) is 29.8 Å². The monoisotopic (exact) mass is 235 g/mol. The van der Waals surface area contributed by atoms with E-state index in [1.165, 1.54) is 12.5 Å². The summed E-state index contributed by atoms with van der Waals surface area (Å²) >= 11 is 0. The third-order valence-corrected chi connectivity index (χ3v) is 2.47. The van der Waals surface area contributed by atoms with Gasteiger partial charge in [0.1, 0.15) is 0 Å². The predicted octanol–water partition coefficient (Wildman–Crippen LogP) is 1.30. The molecule has 0 unspecified atom stereocenters. The van der Waals surface area contributed by atoms with Crippen LogP contribution in [0, 0.1) is 0 Å². The summed E-state index contributed by atoms with van der Waals surface area (Å²) in [6.07, 6.45) is 0. The Bertz CT molecular complexity index is 348. The van der Waals surface area contributed by atoms with Gasteiger partial charge in [-0.05, 0) is 31.8 Å². The lowest BCUT2D eigenvalue weighted by Gasteiger charge is -2.16. The molecule has 1 amide bonds. The number of carbonyl (C=O) groups excluding carboxylic acids is 1. The molecular weight excluding hydrogens is 214 g/mol. The first-order chi connectivity index (χ1) is 8.11. The zero-order valence-corrected chi connectivity index (χ0v) is 10.8. The van der Waals surface area contributed by atoms with E-state index in [-0.39, 0.29) is 5.91 Å². The molecule has 0 atom stereocenters. The molecule has 0 saturated heterocycles. The first-order valence-electron chi connectivity index (χ1n) is 5.81. The van der Waals surface area contributed by atoms with Gasteiger partial charge in [0.05, 0.1) is 0 Å². The van der Waals surface area contributed by atoms with Gasteiger partial charge in [0.2, 0.25) is 5.91 Å². The lowest BCUT2D eigenvalue weighted by atomic mass is 10.2. The molecule has 94 valence electrons. The quantitative estimate of drug-likeness (QED) is 0.781. The highest BCUT2D eigenvalue weighted by molar-refractivity contribution is 5.88. The van der Waals surface area contributed by atoms with E-state index < -0.39 is 0 Å². The maximum absolute atomic E-state index is 10.9. The van der Waals surface area contributed by atoms with Gasteiger partial charge in [-0.2, -0.15) is 0 Å². The van der Waals surface area contributed by atoms with E-state index in [1.54, 1.807) is 0 Å². The molecular formula is C13H21N3O. The Morgan fingerprint density at radius 1 is 1.29 bits per heavy atom. The Balaban J connectivity index is 2.47. The minimum Gasteiger partial charge on any atom is -0.326 e. The number of hydrogen-bond acceptors (Lipinski definition) is 3. The van der Waals surface area contributed by atoms with Crippen molar-refractivity contribution < 1.29 is 4.79 Å². The SMILES string of the molecule is CNCCN(C)Cc1ccc(NC(C)=O)cc1. The molecule has 4 heteroatoms. The second-order valence-corrected chi connectivity index (χ2v) is 4.22. The number of rotatable bonds is 6. The van der Waals surface area contributed by atoms with Crippen molar-refractivity contribution in [2.24, 2.45) is 0 Å². The van der Waals surface area contributed by atoms with Gasteiger partial charge in [0.25, 0.3) is 0 Å². The molecule has 0 aliphatic rings. The van der Waals surface area contributed by atoms with Gasteiger partial charge in [-0.25, -0.2) is 0 Å². The van der Waals surface area contributed by atoms with Gasteiger partial charge in [-0.1, -0.05) is 12.1 Å². The summed E-state index contributed by atoms with van der Waals surface area (Å²) in [5, 5.41) is 5.88. The highest BCUT2D eigenvalue weighted by Crippen LogP contribution is 2.10. The maximum Gasteiger partial charge on any atom is 0.221 e. The number of likely N-dealkylation sites (N-methyl/N-ethyl adjacent to an activating group) is 2. The summed E-state index contributed by atoms with van der Waals surface area (Å²) in [5.41, 5.74) is 2.09. The molecule has 4 nitrogen and oxygen atoms in total. The number of amides is 1. The largest absolute Gasteiger partial charge is 0.326 e. The van der Waals surface area contributed by atoms with Crippen molar-refractivity contribution in [2.45, 2.75) is 13.5 Å². The van der Waals surface area contributed by atoms with Crippen LogP contribution in [0.1, 0.15) is 12.5 Å². The number of nitrogens with zero attached hydrogens (tertiary/aromatic N) is 1. The summed E-state index contributed by atoms with van der Waals surface area (Å²) in [6, 6.07) is 7.95. The molecule has 1 aromatic rings. The molecule has 1 rings (SSSR count). The Kier molecular flexibility index (Phi) is 5.66. The van der Waals surface area contributed by atoms with Crippen LogP contribution in [-0.4, -0.2) is 38.0 Å². The normalized spacial score (nSPS) is 10.6. The molecule has 0 saturated carbocycles. The Hall–Kier alpha value is -1.39. The number of hydrogen-bond donors (Lipinski definition) is 2. The molecule has 0 bridgehead atoms. The smallest absolute Gasteiger partial charge is 0.221 e. The van der Waals surface area contributed by atoms with Gasteiger partial charge in [-0.15, -0.1) is 0 Å². The van der Waals surface area contributed by atoms with Crippen molar-refractivity contribution in [1.29, 1.82) is 0 Å². The van der Waals surface area contributed by atoms with E-state index >= 15 is 0 Å². The molecule has 0 aliphatic carbocycles. The lowest BCUT2D eigenvalue weighted by Crippen LogP contribution is -2.26. The molecule has 17 heavy (non-hydrogen) atoms. The number of nitrogens with one attached hydrogen (secondary N) is 2. The van der Waals surface area contributed by atoms with Crippen molar-refractivity contribution in [3.8, 4) is 0 Å². The van der Waals surface area contributed by atoms with Gasteiger partial charge in [0, 0.05) is 32.2 Å². The van der Waals surface area contributed by atoms with Gasteiger partial charge in [0.15, 0.2) is 0 Å². The third-order valence-electron chi connectivity index (χ3n) is 2.47. The second kappa shape index (κ2) is 7.04. The summed E-state index contributed by atoms with van der Waals surface area (Å²) in [5.74, 6) is -0.0381. The minimum absolute atomic E-state index is 0.0381. The zero-order valence-electron chi connectivity index (χ0n) is 10.8. The van der Waals surface area contributed by atoms with Crippen molar-refractivity contribution in [1.82, 2.24) is 10.2 Å². The molecule has 0 fully saturated rings. The molecule has 0 aliphatic heterocycles. The predicted molar refractivity (Wildman–Crippen MR) is 71.0 cm³/mol. The third kappa shape index (κ3) is 5.47. The van der Waals surface area contributed by atoms with E-state index in [4.69, 9.17) is 0 Å². The molecule has 0 heterocycles. The van der Waals surface area contributed by atoms with Gasteiger partial charge in [-0.3, -0.25) is 4.79 Å². The first kappa shape index (κ1) is 13.7. The van der Waals surface area contributed by atoms with Crippen LogP contribution < -0.4 is 10.6 Å². The van der Waals surface area contributed by atoms with E-state index in [2.05, 4.69) is 22.6 Å². The molecule has 0 spiro atoms. The van der Waals surface area contributed by atoms with Crippen LogP contribution in [0.4, 0.5) is 5.69 Å². The van der Waals surface area contributed by atoms with E-state index in [0.29, 0.717) is 0 Å². The fourth-order valence-corrected chi connectivity index (χ4v) is 1.59. The Labute approximate surface area is 103 Å². The van der Waals surface area contributed by atoms with Gasteiger partial charge < -0.3 is 15.5 Å².